The minimum Gasteiger partial charge on any atom is -0.386 e. The first-order chi connectivity index (χ1) is 10.2. The van der Waals surface area contributed by atoms with Crippen LogP contribution in [0.4, 0.5) is 8.78 Å². The van der Waals surface area contributed by atoms with Crippen molar-refractivity contribution in [1.82, 2.24) is 4.98 Å². The zero-order chi connectivity index (χ0) is 14.8. The summed E-state index contributed by atoms with van der Waals surface area (Å²) >= 11 is 0. The second-order valence-corrected chi connectivity index (χ2v) is 4.84. The number of aliphatic hydroxyl groups excluding tert-OH is 1. The van der Waals surface area contributed by atoms with E-state index in [2.05, 4.69) is 4.98 Å². The van der Waals surface area contributed by atoms with Crippen LogP contribution in [0.3, 0.4) is 0 Å². The minimum absolute atomic E-state index is 0.125. The highest BCUT2D eigenvalue weighted by molar-refractivity contribution is 5.84. The Bertz CT molecular complexity index is 763. The Labute approximate surface area is 120 Å². The van der Waals surface area contributed by atoms with Gasteiger partial charge in [0.05, 0.1) is 5.69 Å². The fourth-order valence-electron chi connectivity index (χ4n) is 2.43. The number of hydrogen-bond donors (Lipinski definition) is 1. The van der Waals surface area contributed by atoms with Gasteiger partial charge in [0, 0.05) is 23.6 Å². The molecule has 3 aromatic rings. The zero-order valence-corrected chi connectivity index (χ0v) is 11.1. The third-order valence-electron chi connectivity index (χ3n) is 3.48. The number of halogens is 2. The molecule has 2 aromatic carbocycles. The molecule has 0 aliphatic rings. The zero-order valence-electron chi connectivity index (χ0n) is 11.1. The van der Waals surface area contributed by atoms with Crippen molar-refractivity contribution in [2.75, 3.05) is 0 Å². The first kappa shape index (κ1) is 13.6. The van der Waals surface area contributed by atoms with Gasteiger partial charge >= 0.3 is 0 Å². The Hall–Kier alpha value is -2.33. The Balaban J connectivity index is 2.00. The molecule has 1 aromatic heterocycles. The lowest BCUT2D eigenvalue weighted by molar-refractivity contribution is 0.172. The standard InChI is InChI=1S/C17H13F2NO/c18-14-6-3-7-15(19)13(14)10-16(21)17-12-5-2-1-4-11(12)8-9-20-17/h1-9,16,21H,10H2. The summed E-state index contributed by atoms with van der Waals surface area (Å²) in [5.74, 6) is -1.32. The van der Waals surface area contributed by atoms with Crippen LogP contribution in [0.25, 0.3) is 10.8 Å². The number of pyridine rings is 1. The SMILES string of the molecule is OC(Cc1c(F)cccc1F)c1nccc2ccccc12. The number of benzene rings is 2. The molecule has 21 heavy (non-hydrogen) atoms. The van der Waals surface area contributed by atoms with Crippen molar-refractivity contribution in [1.29, 1.82) is 0 Å². The van der Waals surface area contributed by atoms with Gasteiger partial charge in [-0.05, 0) is 23.6 Å². The molecule has 3 rings (SSSR count). The summed E-state index contributed by atoms with van der Waals surface area (Å²) < 4.78 is 27.3. The molecule has 1 atom stereocenters. The molecule has 2 nitrogen and oxygen atoms in total. The van der Waals surface area contributed by atoms with E-state index >= 15 is 0 Å². The van der Waals surface area contributed by atoms with Crippen molar-refractivity contribution in [3.63, 3.8) is 0 Å². The van der Waals surface area contributed by atoms with E-state index in [1.807, 2.05) is 30.3 Å². The maximum Gasteiger partial charge on any atom is 0.129 e. The van der Waals surface area contributed by atoms with Crippen molar-refractivity contribution in [3.05, 3.63) is 77.6 Å². The summed E-state index contributed by atoms with van der Waals surface area (Å²) in [6.45, 7) is 0. The van der Waals surface area contributed by atoms with Gasteiger partial charge in [-0.15, -0.1) is 0 Å². The lowest BCUT2D eigenvalue weighted by Gasteiger charge is -2.13. The van der Waals surface area contributed by atoms with Crippen molar-refractivity contribution in [3.8, 4) is 0 Å². The number of fused-ring (bicyclic) bond motifs is 1. The maximum absolute atomic E-state index is 13.7. The Morgan fingerprint density at radius 1 is 0.952 bits per heavy atom. The Morgan fingerprint density at radius 2 is 1.67 bits per heavy atom. The molecule has 0 bridgehead atoms. The van der Waals surface area contributed by atoms with E-state index in [1.165, 1.54) is 18.2 Å². The normalized spacial score (nSPS) is 12.5. The minimum atomic E-state index is -1.07. The molecule has 0 fully saturated rings. The van der Waals surface area contributed by atoms with Crippen LogP contribution >= 0.6 is 0 Å². The maximum atomic E-state index is 13.7. The van der Waals surface area contributed by atoms with Crippen LogP contribution in [0.5, 0.6) is 0 Å². The number of rotatable bonds is 3. The summed E-state index contributed by atoms with van der Waals surface area (Å²) in [5.41, 5.74) is 0.301. The summed E-state index contributed by atoms with van der Waals surface area (Å²) in [6, 6.07) is 12.9. The number of aromatic nitrogens is 1. The van der Waals surface area contributed by atoms with E-state index in [1.54, 1.807) is 6.20 Å². The number of aliphatic hydroxyl groups is 1. The molecule has 0 radical (unpaired) electrons. The molecule has 106 valence electrons. The van der Waals surface area contributed by atoms with Gasteiger partial charge in [0.25, 0.3) is 0 Å². The largest absolute Gasteiger partial charge is 0.386 e. The second kappa shape index (κ2) is 5.58. The molecule has 0 aliphatic carbocycles. The Morgan fingerprint density at radius 3 is 2.43 bits per heavy atom. The lowest BCUT2D eigenvalue weighted by Crippen LogP contribution is -2.08. The van der Waals surface area contributed by atoms with Gasteiger partial charge in [-0.1, -0.05) is 30.3 Å². The van der Waals surface area contributed by atoms with Crippen LogP contribution < -0.4 is 0 Å². The monoisotopic (exact) mass is 285 g/mol. The highest BCUT2D eigenvalue weighted by atomic mass is 19.1. The quantitative estimate of drug-likeness (QED) is 0.794. The van der Waals surface area contributed by atoms with Crippen molar-refractivity contribution in [2.45, 2.75) is 12.5 Å². The molecule has 0 amide bonds. The highest BCUT2D eigenvalue weighted by Gasteiger charge is 2.18. The van der Waals surface area contributed by atoms with Crippen molar-refractivity contribution < 1.29 is 13.9 Å². The van der Waals surface area contributed by atoms with E-state index in [4.69, 9.17) is 0 Å². The molecule has 0 spiro atoms. The van der Waals surface area contributed by atoms with Gasteiger partial charge in [-0.3, -0.25) is 4.98 Å². The fourth-order valence-corrected chi connectivity index (χ4v) is 2.43. The third-order valence-corrected chi connectivity index (χ3v) is 3.48. The van der Waals surface area contributed by atoms with E-state index in [0.717, 1.165) is 10.8 Å². The van der Waals surface area contributed by atoms with Gasteiger partial charge in [0.15, 0.2) is 0 Å². The summed E-state index contributed by atoms with van der Waals surface area (Å²) in [4.78, 5) is 4.17. The van der Waals surface area contributed by atoms with Crippen molar-refractivity contribution >= 4 is 10.8 Å². The second-order valence-electron chi connectivity index (χ2n) is 4.84. The predicted molar refractivity (Wildman–Crippen MR) is 76.8 cm³/mol. The van der Waals surface area contributed by atoms with Gasteiger partial charge in [0.2, 0.25) is 0 Å². The number of nitrogens with zero attached hydrogens (tertiary/aromatic N) is 1. The first-order valence-corrected chi connectivity index (χ1v) is 6.61. The van der Waals surface area contributed by atoms with E-state index in [0.29, 0.717) is 5.69 Å². The topological polar surface area (TPSA) is 33.1 Å². The van der Waals surface area contributed by atoms with E-state index in [9.17, 15) is 13.9 Å². The highest BCUT2D eigenvalue weighted by Crippen LogP contribution is 2.26. The number of hydrogen-bond acceptors (Lipinski definition) is 2. The fraction of sp³-hybridized carbons (Fsp3) is 0.118. The van der Waals surface area contributed by atoms with Crippen molar-refractivity contribution in [2.24, 2.45) is 0 Å². The van der Waals surface area contributed by atoms with Gasteiger partial charge < -0.3 is 5.11 Å². The first-order valence-electron chi connectivity index (χ1n) is 6.61. The van der Waals surface area contributed by atoms with Crippen LogP contribution in [0, 0.1) is 11.6 Å². The molecule has 0 saturated heterocycles. The molecular formula is C17H13F2NO. The molecule has 4 heteroatoms. The molecular weight excluding hydrogens is 272 g/mol. The van der Waals surface area contributed by atoms with Crippen LogP contribution in [0.2, 0.25) is 0 Å². The summed E-state index contributed by atoms with van der Waals surface area (Å²) in [5, 5.41) is 12.0. The third kappa shape index (κ3) is 2.62. The average Bonchev–Trinajstić information content (AvgIpc) is 2.50. The van der Waals surface area contributed by atoms with Gasteiger partial charge in [-0.25, -0.2) is 8.78 Å². The molecule has 0 aliphatic heterocycles. The van der Waals surface area contributed by atoms with E-state index in [-0.39, 0.29) is 12.0 Å². The van der Waals surface area contributed by atoms with Crippen LogP contribution in [-0.4, -0.2) is 10.1 Å². The summed E-state index contributed by atoms with van der Waals surface area (Å²) in [7, 11) is 0. The van der Waals surface area contributed by atoms with Crippen LogP contribution in [0.15, 0.2) is 54.7 Å². The van der Waals surface area contributed by atoms with Crippen LogP contribution in [0.1, 0.15) is 17.4 Å². The lowest BCUT2D eigenvalue weighted by atomic mass is 10.0. The molecule has 1 unspecified atom stereocenters. The van der Waals surface area contributed by atoms with Gasteiger partial charge in [0.1, 0.15) is 17.7 Å². The predicted octanol–water partition coefficient (Wildman–Crippen LogP) is 3.79. The molecule has 0 saturated carbocycles. The van der Waals surface area contributed by atoms with Gasteiger partial charge in [-0.2, -0.15) is 0 Å². The van der Waals surface area contributed by atoms with Crippen LogP contribution in [-0.2, 0) is 6.42 Å². The molecule has 1 heterocycles. The summed E-state index contributed by atoms with van der Waals surface area (Å²) in [6.07, 6.45) is 0.362. The average molecular weight is 285 g/mol. The van der Waals surface area contributed by atoms with E-state index < -0.39 is 17.7 Å². The Kier molecular flexibility index (Phi) is 3.62. The smallest absolute Gasteiger partial charge is 0.129 e. The molecule has 1 N–H and O–H groups in total.